The second kappa shape index (κ2) is 5.21. The molecule has 2 heterocycles. The molecule has 110 valence electrons. The van der Waals surface area contributed by atoms with Gasteiger partial charge in [-0.25, -0.2) is 18.4 Å². The van der Waals surface area contributed by atoms with E-state index in [1.165, 1.54) is 22.8 Å². The van der Waals surface area contributed by atoms with Gasteiger partial charge in [0.2, 0.25) is 10.0 Å². The number of fused-ring (bicyclic) bond motifs is 1. The number of benzene rings is 1. The standard InChI is InChI=1S/C13H11Cl2N3O2S/c1-8-2-13(11(15)3-10(8)14)21(19,20)18-5-9-4-16-7-17-12(9)6-18/h2-4,7H,5-6H2,1H3. The number of rotatable bonds is 2. The fraction of sp³-hybridized carbons (Fsp3) is 0.231. The zero-order chi connectivity index (χ0) is 15.2. The van der Waals surface area contributed by atoms with E-state index >= 15 is 0 Å². The Morgan fingerprint density at radius 1 is 1.19 bits per heavy atom. The van der Waals surface area contributed by atoms with Gasteiger partial charge in [-0.15, -0.1) is 0 Å². The first-order valence-electron chi connectivity index (χ1n) is 6.13. The molecule has 3 rings (SSSR count). The van der Waals surface area contributed by atoms with E-state index in [2.05, 4.69) is 9.97 Å². The molecule has 1 aliphatic heterocycles. The molecule has 0 saturated carbocycles. The SMILES string of the molecule is Cc1cc(S(=O)(=O)N2Cc3cncnc3C2)c(Cl)cc1Cl. The second-order valence-electron chi connectivity index (χ2n) is 4.80. The molecule has 0 amide bonds. The van der Waals surface area contributed by atoms with Crippen LogP contribution in [-0.4, -0.2) is 22.7 Å². The van der Waals surface area contributed by atoms with E-state index in [-0.39, 0.29) is 23.0 Å². The zero-order valence-electron chi connectivity index (χ0n) is 11.0. The Bertz CT molecular complexity index is 799. The maximum atomic E-state index is 12.7. The summed E-state index contributed by atoms with van der Waals surface area (Å²) in [7, 11) is -3.70. The predicted molar refractivity (Wildman–Crippen MR) is 79.7 cm³/mol. The fourth-order valence-corrected chi connectivity index (χ4v) is 4.39. The molecule has 1 aromatic carbocycles. The highest BCUT2D eigenvalue weighted by Gasteiger charge is 2.33. The average Bonchev–Trinajstić information content (AvgIpc) is 2.87. The number of halogens is 2. The molecule has 5 nitrogen and oxygen atoms in total. The average molecular weight is 344 g/mol. The highest BCUT2D eigenvalue weighted by atomic mass is 35.5. The van der Waals surface area contributed by atoms with Crippen molar-refractivity contribution in [1.82, 2.24) is 14.3 Å². The Balaban J connectivity index is 2.02. The van der Waals surface area contributed by atoms with E-state index in [1.54, 1.807) is 13.1 Å². The summed E-state index contributed by atoms with van der Waals surface area (Å²) in [5, 5.41) is 0.558. The first kappa shape index (κ1) is 14.7. The molecule has 0 unspecified atom stereocenters. The third-order valence-corrected chi connectivity index (χ3v) is 6.05. The smallest absolute Gasteiger partial charge is 0.244 e. The predicted octanol–water partition coefficient (Wildman–Crippen LogP) is 2.80. The van der Waals surface area contributed by atoms with Gasteiger partial charge in [-0.3, -0.25) is 0 Å². The number of aromatic nitrogens is 2. The summed E-state index contributed by atoms with van der Waals surface area (Å²) in [5.74, 6) is 0. The van der Waals surface area contributed by atoms with E-state index in [9.17, 15) is 8.42 Å². The van der Waals surface area contributed by atoms with Gasteiger partial charge in [0.1, 0.15) is 11.2 Å². The summed E-state index contributed by atoms with van der Waals surface area (Å²) in [5.41, 5.74) is 2.19. The molecule has 0 atom stereocenters. The molecule has 8 heteroatoms. The summed E-state index contributed by atoms with van der Waals surface area (Å²) in [4.78, 5) is 8.07. The van der Waals surface area contributed by atoms with E-state index in [0.717, 1.165) is 11.3 Å². The number of sulfonamides is 1. The lowest BCUT2D eigenvalue weighted by Gasteiger charge is -2.17. The number of hydrogen-bond acceptors (Lipinski definition) is 4. The molecule has 2 aromatic rings. The molecule has 21 heavy (non-hydrogen) atoms. The maximum absolute atomic E-state index is 12.7. The minimum Gasteiger partial charge on any atom is -0.244 e. The van der Waals surface area contributed by atoms with E-state index < -0.39 is 10.0 Å². The minimum atomic E-state index is -3.70. The maximum Gasteiger partial charge on any atom is 0.245 e. The Morgan fingerprint density at radius 2 is 1.95 bits per heavy atom. The van der Waals surface area contributed by atoms with Crippen LogP contribution in [0.15, 0.2) is 29.6 Å². The van der Waals surface area contributed by atoms with Crippen LogP contribution in [0.25, 0.3) is 0 Å². The van der Waals surface area contributed by atoms with Gasteiger partial charge in [0.15, 0.2) is 0 Å². The van der Waals surface area contributed by atoms with Crippen LogP contribution >= 0.6 is 23.2 Å². The number of nitrogens with zero attached hydrogens (tertiary/aromatic N) is 3. The van der Waals surface area contributed by atoms with Crippen LogP contribution in [0.1, 0.15) is 16.8 Å². The van der Waals surface area contributed by atoms with Crippen LogP contribution in [0.2, 0.25) is 10.0 Å². The van der Waals surface area contributed by atoms with Gasteiger partial charge < -0.3 is 0 Å². The van der Waals surface area contributed by atoms with Crippen LogP contribution in [0, 0.1) is 6.92 Å². The lowest BCUT2D eigenvalue weighted by atomic mass is 10.2. The summed E-state index contributed by atoms with van der Waals surface area (Å²) >= 11 is 12.0. The number of aryl methyl sites for hydroxylation is 1. The third kappa shape index (κ3) is 2.53. The summed E-state index contributed by atoms with van der Waals surface area (Å²) < 4.78 is 26.8. The molecule has 1 aromatic heterocycles. The topological polar surface area (TPSA) is 63.2 Å². The van der Waals surface area contributed by atoms with Crippen LogP contribution < -0.4 is 0 Å². The van der Waals surface area contributed by atoms with Gasteiger partial charge in [0.25, 0.3) is 0 Å². The first-order valence-corrected chi connectivity index (χ1v) is 8.33. The summed E-state index contributed by atoms with van der Waals surface area (Å²) in [6.07, 6.45) is 3.04. The lowest BCUT2D eigenvalue weighted by Crippen LogP contribution is -2.26. The highest BCUT2D eigenvalue weighted by Crippen LogP contribution is 2.33. The second-order valence-corrected chi connectivity index (χ2v) is 7.52. The van der Waals surface area contributed by atoms with Crippen molar-refractivity contribution in [2.45, 2.75) is 24.9 Å². The lowest BCUT2D eigenvalue weighted by molar-refractivity contribution is 0.429. The Labute approximate surface area is 132 Å². The Hall–Kier alpha value is -1.21. The van der Waals surface area contributed by atoms with Crippen molar-refractivity contribution in [1.29, 1.82) is 0 Å². The van der Waals surface area contributed by atoms with Gasteiger partial charge >= 0.3 is 0 Å². The van der Waals surface area contributed by atoms with Gasteiger partial charge in [-0.05, 0) is 24.6 Å². The van der Waals surface area contributed by atoms with Gasteiger partial charge in [-0.1, -0.05) is 23.2 Å². The quantitative estimate of drug-likeness (QED) is 0.840. The van der Waals surface area contributed by atoms with Crippen molar-refractivity contribution in [3.8, 4) is 0 Å². The molecule has 0 spiro atoms. The Morgan fingerprint density at radius 3 is 2.67 bits per heavy atom. The third-order valence-electron chi connectivity index (χ3n) is 3.39. The largest absolute Gasteiger partial charge is 0.245 e. The van der Waals surface area contributed by atoms with Gasteiger partial charge in [0, 0.05) is 23.3 Å². The van der Waals surface area contributed by atoms with Crippen molar-refractivity contribution in [3.05, 3.63) is 51.5 Å². The van der Waals surface area contributed by atoms with Crippen LogP contribution in [0.5, 0.6) is 0 Å². The monoisotopic (exact) mass is 343 g/mol. The van der Waals surface area contributed by atoms with E-state index in [0.29, 0.717) is 10.6 Å². The van der Waals surface area contributed by atoms with Gasteiger partial charge in [0.05, 0.1) is 17.3 Å². The van der Waals surface area contributed by atoms with Crippen LogP contribution in [-0.2, 0) is 23.1 Å². The summed E-state index contributed by atoms with van der Waals surface area (Å²) in [6, 6.07) is 2.95. The molecule has 0 saturated heterocycles. The molecule has 0 aliphatic carbocycles. The van der Waals surface area contributed by atoms with Crippen LogP contribution in [0.4, 0.5) is 0 Å². The minimum absolute atomic E-state index is 0.0619. The molecule has 0 radical (unpaired) electrons. The highest BCUT2D eigenvalue weighted by molar-refractivity contribution is 7.89. The van der Waals surface area contributed by atoms with E-state index in [1.807, 2.05) is 0 Å². The molecular formula is C13H11Cl2N3O2S. The first-order chi connectivity index (χ1) is 9.89. The van der Waals surface area contributed by atoms with E-state index in [4.69, 9.17) is 23.2 Å². The number of hydrogen-bond donors (Lipinski definition) is 0. The van der Waals surface area contributed by atoms with Crippen molar-refractivity contribution in [3.63, 3.8) is 0 Å². The van der Waals surface area contributed by atoms with Gasteiger partial charge in [-0.2, -0.15) is 4.31 Å². The molecule has 0 N–H and O–H groups in total. The zero-order valence-corrected chi connectivity index (χ0v) is 13.4. The molecule has 1 aliphatic rings. The summed E-state index contributed by atoms with van der Waals surface area (Å²) in [6.45, 7) is 2.20. The Kier molecular flexibility index (Phi) is 3.65. The van der Waals surface area contributed by atoms with Crippen molar-refractivity contribution in [2.75, 3.05) is 0 Å². The van der Waals surface area contributed by atoms with Crippen molar-refractivity contribution >= 4 is 33.2 Å². The normalized spacial score (nSPS) is 15.2. The molecule has 0 bridgehead atoms. The van der Waals surface area contributed by atoms with Crippen LogP contribution in [0.3, 0.4) is 0 Å². The molecular weight excluding hydrogens is 333 g/mol. The molecule has 0 fully saturated rings. The van der Waals surface area contributed by atoms with Crippen molar-refractivity contribution in [2.24, 2.45) is 0 Å². The van der Waals surface area contributed by atoms with Crippen molar-refractivity contribution < 1.29 is 8.42 Å². The fourth-order valence-electron chi connectivity index (χ4n) is 2.21.